The monoisotopic (exact) mass is 291 g/mol. The lowest BCUT2D eigenvalue weighted by Crippen LogP contribution is -2.48. The third-order valence-corrected chi connectivity index (χ3v) is 3.20. The third-order valence-electron chi connectivity index (χ3n) is 3.20. The smallest absolute Gasteiger partial charge is 0.244 e. The fraction of sp³-hybridized carbons (Fsp3) is 0.500. The van der Waals surface area contributed by atoms with Gasteiger partial charge < -0.3 is 11.1 Å². The highest BCUT2D eigenvalue weighted by molar-refractivity contribution is 5.98. The minimum Gasteiger partial charge on any atom is -0.323 e. The lowest BCUT2D eigenvalue weighted by Gasteiger charge is -2.22. The van der Waals surface area contributed by atoms with Crippen molar-refractivity contribution in [2.24, 2.45) is 5.73 Å². The summed E-state index contributed by atoms with van der Waals surface area (Å²) in [5, 5.41) is 2.87. The zero-order chi connectivity index (χ0) is 11.6. The summed E-state index contributed by atoms with van der Waals surface area (Å²) in [5.41, 5.74) is 6.96. The fourth-order valence-electron chi connectivity index (χ4n) is 2.10. The van der Waals surface area contributed by atoms with Gasteiger partial charge in [0.25, 0.3) is 0 Å². The van der Waals surface area contributed by atoms with Crippen LogP contribution >= 0.6 is 24.8 Å². The molecule has 1 fully saturated rings. The van der Waals surface area contributed by atoms with Crippen LogP contribution in [-0.2, 0) is 4.79 Å². The Morgan fingerprint density at radius 1 is 1.39 bits per heavy atom. The van der Waals surface area contributed by atoms with Crippen LogP contribution in [0, 0.1) is 6.92 Å². The van der Waals surface area contributed by atoms with Gasteiger partial charge >= 0.3 is 0 Å². The molecule has 1 heterocycles. The van der Waals surface area contributed by atoms with Crippen molar-refractivity contribution in [1.29, 1.82) is 0 Å². The summed E-state index contributed by atoms with van der Waals surface area (Å²) in [7, 11) is 0. The third kappa shape index (κ3) is 3.57. The quantitative estimate of drug-likeness (QED) is 0.879. The van der Waals surface area contributed by atoms with Crippen LogP contribution in [0.4, 0.5) is 5.69 Å². The van der Waals surface area contributed by atoms with Gasteiger partial charge in [0.15, 0.2) is 0 Å². The second-order valence-electron chi connectivity index (χ2n) is 4.45. The molecular formula is C12H19Cl2N3O. The molecule has 1 aliphatic carbocycles. The number of nitrogens with one attached hydrogen (secondary N) is 1. The molecule has 18 heavy (non-hydrogen) atoms. The van der Waals surface area contributed by atoms with E-state index >= 15 is 0 Å². The first-order valence-corrected chi connectivity index (χ1v) is 5.64. The van der Waals surface area contributed by atoms with Crippen molar-refractivity contribution in [3.8, 4) is 0 Å². The normalized spacial score (nSPS) is 16.3. The van der Waals surface area contributed by atoms with Crippen molar-refractivity contribution in [1.82, 2.24) is 4.98 Å². The Bertz CT molecular complexity index is 406. The van der Waals surface area contributed by atoms with Crippen LogP contribution in [0.2, 0.25) is 0 Å². The van der Waals surface area contributed by atoms with Gasteiger partial charge in [-0.3, -0.25) is 9.78 Å². The molecular weight excluding hydrogens is 273 g/mol. The Labute approximate surface area is 120 Å². The van der Waals surface area contributed by atoms with Crippen LogP contribution < -0.4 is 11.1 Å². The highest BCUT2D eigenvalue weighted by Gasteiger charge is 2.37. The summed E-state index contributed by atoms with van der Waals surface area (Å²) >= 11 is 0. The molecule has 1 aliphatic rings. The summed E-state index contributed by atoms with van der Waals surface area (Å²) in [4.78, 5) is 16.2. The van der Waals surface area contributed by atoms with Crippen molar-refractivity contribution in [2.75, 3.05) is 5.32 Å². The number of hydrogen-bond acceptors (Lipinski definition) is 3. The van der Waals surface area contributed by atoms with Crippen LogP contribution in [0.15, 0.2) is 18.3 Å². The first-order chi connectivity index (χ1) is 7.62. The Hall–Kier alpha value is -0.840. The minimum absolute atomic E-state index is 0. The number of aromatic nitrogens is 1. The zero-order valence-electron chi connectivity index (χ0n) is 10.3. The molecule has 102 valence electrons. The molecule has 1 aromatic heterocycles. The van der Waals surface area contributed by atoms with E-state index in [-0.39, 0.29) is 30.7 Å². The van der Waals surface area contributed by atoms with Crippen LogP contribution in [0.5, 0.6) is 0 Å². The zero-order valence-corrected chi connectivity index (χ0v) is 11.9. The lowest BCUT2D eigenvalue weighted by molar-refractivity contribution is -0.121. The van der Waals surface area contributed by atoms with E-state index < -0.39 is 5.54 Å². The van der Waals surface area contributed by atoms with Gasteiger partial charge in [-0.2, -0.15) is 0 Å². The van der Waals surface area contributed by atoms with Gasteiger partial charge in [-0.1, -0.05) is 12.8 Å². The molecule has 0 radical (unpaired) electrons. The summed E-state index contributed by atoms with van der Waals surface area (Å²) in [5.74, 6) is -0.0823. The Morgan fingerprint density at radius 3 is 2.56 bits per heavy atom. The standard InChI is InChI=1S/C12H17N3O.2ClH/c1-9-10(5-4-8-14-9)15-11(16)12(13)6-2-3-7-12;;/h4-5,8H,2-3,6-7,13H2,1H3,(H,15,16);2*1H. The second kappa shape index (κ2) is 6.92. The van der Waals surface area contributed by atoms with Crippen LogP contribution in [0.1, 0.15) is 31.4 Å². The molecule has 3 N–H and O–H groups in total. The number of hydrogen-bond donors (Lipinski definition) is 2. The highest BCUT2D eigenvalue weighted by Crippen LogP contribution is 2.28. The fourth-order valence-corrected chi connectivity index (χ4v) is 2.10. The number of rotatable bonds is 2. The number of pyridine rings is 1. The maximum Gasteiger partial charge on any atom is 0.244 e. The maximum atomic E-state index is 12.0. The first-order valence-electron chi connectivity index (χ1n) is 5.64. The summed E-state index contributed by atoms with van der Waals surface area (Å²) in [6.45, 7) is 1.87. The minimum atomic E-state index is -0.678. The number of nitrogens with two attached hydrogens (primary N) is 1. The van der Waals surface area contributed by atoms with Gasteiger partial charge in [0.2, 0.25) is 5.91 Å². The Kier molecular flexibility index (Phi) is 6.60. The van der Waals surface area contributed by atoms with Crippen molar-refractivity contribution in [3.63, 3.8) is 0 Å². The van der Waals surface area contributed by atoms with E-state index in [4.69, 9.17) is 5.73 Å². The molecule has 0 atom stereocenters. The molecule has 1 saturated carbocycles. The van der Waals surface area contributed by atoms with Crippen LogP contribution in [-0.4, -0.2) is 16.4 Å². The van der Waals surface area contributed by atoms with Gasteiger partial charge in [0, 0.05) is 6.20 Å². The van der Waals surface area contributed by atoms with Gasteiger partial charge in [0.05, 0.1) is 16.9 Å². The molecule has 4 nitrogen and oxygen atoms in total. The average molecular weight is 292 g/mol. The van der Waals surface area contributed by atoms with Gasteiger partial charge in [-0.15, -0.1) is 24.8 Å². The molecule has 2 rings (SSSR count). The Morgan fingerprint density at radius 2 is 2.00 bits per heavy atom. The SMILES string of the molecule is Cc1ncccc1NC(=O)C1(N)CCCC1.Cl.Cl. The lowest BCUT2D eigenvalue weighted by atomic mass is 9.98. The van der Waals surface area contributed by atoms with E-state index in [2.05, 4.69) is 10.3 Å². The van der Waals surface area contributed by atoms with Gasteiger partial charge in [-0.05, 0) is 31.9 Å². The number of carbonyl (C=O) groups excluding carboxylic acids is 1. The number of aryl methyl sites for hydroxylation is 1. The summed E-state index contributed by atoms with van der Waals surface area (Å²) in [6.07, 6.45) is 5.33. The van der Waals surface area contributed by atoms with Crippen LogP contribution in [0.3, 0.4) is 0 Å². The van der Waals surface area contributed by atoms with Gasteiger partial charge in [0.1, 0.15) is 0 Å². The van der Waals surface area contributed by atoms with E-state index in [1.807, 2.05) is 13.0 Å². The average Bonchev–Trinajstić information content (AvgIpc) is 2.70. The van der Waals surface area contributed by atoms with Crippen molar-refractivity contribution in [3.05, 3.63) is 24.0 Å². The van der Waals surface area contributed by atoms with E-state index in [0.717, 1.165) is 37.1 Å². The largest absolute Gasteiger partial charge is 0.323 e. The Balaban J connectivity index is 0.00000144. The molecule has 0 saturated heterocycles. The second-order valence-corrected chi connectivity index (χ2v) is 4.45. The number of carbonyl (C=O) groups is 1. The number of anilines is 1. The van der Waals surface area contributed by atoms with E-state index in [1.54, 1.807) is 12.3 Å². The predicted octanol–water partition coefficient (Wildman–Crippen LogP) is 2.44. The molecule has 6 heteroatoms. The topological polar surface area (TPSA) is 68.0 Å². The predicted molar refractivity (Wildman–Crippen MR) is 77.5 cm³/mol. The van der Waals surface area contributed by atoms with Crippen molar-refractivity contribution >= 4 is 36.4 Å². The molecule has 0 unspecified atom stereocenters. The molecule has 0 spiro atoms. The van der Waals surface area contributed by atoms with E-state index in [0.29, 0.717) is 0 Å². The van der Waals surface area contributed by atoms with Crippen LogP contribution in [0.25, 0.3) is 0 Å². The number of halogens is 2. The summed E-state index contributed by atoms with van der Waals surface area (Å²) in [6, 6.07) is 3.65. The molecule has 0 bridgehead atoms. The van der Waals surface area contributed by atoms with E-state index in [1.165, 1.54) is 0 Å². The number of amides is 1. The van der Waals surface area contributed by atoms with Gasteiger partial charge in [-0.25, -0.2) is 0 Å². The van der Waals surface area contributed by atoms with E-state index in [9.17, 15) is 4.79 Å². The first kappa shape index (κ1) is 17.2. The maximum absolute atomic E-state index is 12.0. The number of nitrogens with zero attached hydrogens (tertiary/aromatic N) is 1. The summed E-state index contributed by atoms with van der Waals surface area (Å²) < 4.78 is 0. The molecule has 0 aromatic carbocycles. The molecule has 1 aromatic rings. The highest BCUT2D eigenvalue weighted by atomic mass is 35.5. The molecule has 1 amide bonds. The van der Waals surface area contributed by atoms with Crippen molar-refractivity contribution in [2.45, 2.75) is 38.1 Å². The molecule has 0 aliphatic heterocycles. The van der Waals surface area contributed by atoms with Crippen molar-refractivity contribution < 1.29 is 4.79 Å².